The molecule has 0 aliphatic carbocycles. The summed E-state index contributed by atoms with van der Waals surface area (Å²) in [6.07, 6.45) is -0.0632. The van der Waals surface area contributed by atoms with Gasteiger partial charge in [0.15, 0.2) is 6.10 Å². The van der Waals surface area contributed by atoms with Crippen LogP contribution in [0.1, 0.15) is 29.7 Å². The van der Waals surface area contributed by atoms with Crippen molar-refractivity contribution < 1.29 is 14.6 Å². The minimum absolute atomic E-state index is 0.158. The second kappa shape index (κ2) is 8.54. The molecule has 2 N–H and O–H groups in total. The second-order valence-corrected chi connectivity index (χ2v) is 6.93. The van der Waals surface area contributed by atoms with Crippen LogP contribution in [0.5, 0.6) is 11.5 Å². The van der Waals surface area contributed by atoms with Gasteiger partial charge >= 0.3 is 0 Å². The van der Waals surface area contributed by atoms with E-state index in [1.807, 2.05) is 48.5 Å². The molecule has 5 heteroatoms. The zero-order valence-corrected chi connectivity index (χ0v) is 15.7. The molecule has 5 nitrogen and oxygen atoms in total. The zero-order valence-electron chi connectivity index (χ0n) is 15.7. The van der Waals surface area contributed by atoms with Crippen molar-refractivity contribution in [2.45, 2.75) is 24.7 Å². The van der Waals surface area contributed by atoms with E-state index in [4.69, 9.17) is 9.47 Å². The molecule has 1 aliphatic heterocycles. The number of benzene rings is 2. The van der Waals surface area contributed by atoms with Crippen LogP contribution in [0.2, 0.25) is 0 Å². The fourth-order valence-corrected chi connectivity index (χ4v) is 3.35. The summed E-state index contributed by atoms with van der Waals surface area (Å²) in [6, 6.07) is 15.5. The van der Waals surface area contributed by atoms with Gasteiger partial charge in [-0.1, -0.05) is 30.3 Å². The number of hydrogen-bond acceptors (Lipinski definition) is 5. The summed E-state index contributed by atoms with van der Waals surface area (Å²) in [4.78, 5) is 2.16. The first-order chi connectivity index (χ1) is 12.6. The van der Waals surface area contributed by atoms with Gasteiger partial charge in [-0.05, 0) is 57.4 Å². The molecule has 0 aromatic heterocycles. The summed E-state index contributed by atoms with van der Waals surface area (Å²) in [5, 5.41) is 14.6. The highest BCUT2D eigenvalue weighted by molar-refractivity contribution is 5.41. The van der Waals surface area contributed by atoms with E-state index >= 15 is 0 Å². The maximum absolute atomic E-state index is 11.0. The Hall–Kier alpha value is -2.08. The minimum Gasteiger partial charge on any atom is -0.497 e. The maximum Gasteiger partial charge on any atom is 0.151 e. The van der Waals surface area contributed by atoms with E-state index in [2.05, 4.69) is 24.3 Å². The predicted octanol–water partition coefficient (Wildman–Crippen LogP) is 2.77. The molecule has 0 bridgehead atoms. The van der Waals surface area contributed by atoms with Crippen molar-refractivity contribution in [1.82, 2.24) is 10.2 Å². The molecule has 0 radical (unpaired) electrons. The Bertz CT molecular complexity index is 703. The number of hydrogen-bond donors (Lipinski definition) is 2. The van der Waals surface area contributed by atoms with Gasteiger partial charge in [0.2, 0.25) is 0 Å². The Morgan fingerprint density at radius 3 is 2.54 bits per heavy atom. The molecular formula is C21H28N2O3. The average molecular weight is 356 g/mol. The highest BCUT2D eigenvalue weighted by atomic mass is 16.5. The van der Waals surface area contributed by atoms with Crippen LogP contribution in [0, 0.1) is 0 Å². The lowest BCUT2D eigenvalue weighted by Crippen LogP contribution is -2.42. The third-order valence-electron chi connectivity index (χ3n) is 4.75. The quantitative estimate of drug-likeness (QED) is 0.747. The van der Waals surface area contributed by atoms with E-state index < -0.39 is 12.2 Å². The molecule has 1 heterocycles. The van der Waals surface area contributed by atoms with Crippen molar-refractivity contribution in [2.24, 2.45) is 0 Å². The van der Waals surface area contributed by atoms with Gasteiger partial charge < -0.3 is 24.8 Å². The van der Waals surface area contributed by atoms with Crippen LogP contribution < -0.4 is 14.8 Å². The van der Waals surface area contributed by atoms with Crippen molar-refractivity contribution >= 4 is 0 Å². The summed E-state index contributed by atoms with van der Waals surface area (Å²) in [5.41, 5.74) is 1.95. The standard InChI is InChI=1S/C21H28N2O3/c1-23(2)14-6-13-22-19-17-7-4-5-8-18(17)26-21(20(19)24)15-9-11-16(25-3)12-10-15/h4-5,7-12,19-22,24H,6,13-14H2,1-3H3/t19-,20+,21+/m1/s1. The van der Waals surface area contributed by atoms with Crippen molar-refractivity contribution in [3.63, 3.8) is 0 Å². The summed E-state index contributed by atoms with van der Waals surface area (Å²) in [6.45, 7) is 1.85. The number of nitrogens with one attached hydrogen (secondary N) is 1. The van der Waals surface area contributed by atoms with Gasteiger partial charge in [-0.3, -0.25) is 0 Å². The van der Waals surface area contributed by atoms with Crippen molar-refractivity contribution in [2.75, 3.05) is 34.3 Å². The maximum atomic E-state index is 11.0. The lowest BCUT2D eigenvalue weighted by molar-refractivity contribution is -0.00867. The van der Waals surface area contributed by atoms with Crippen molar-refractivity contribution in [3.8, 4) is 11.5 Å². The number of para-hydroxylation sites is 1. The van der Waals surface area contributed by atoms with E-state index in [9.17, 15) is 5.11 Å². The lowest BCUT2D eigenvalue weighted by Gasteiger charge is -2.37. The van der Waals surface area contributed by atoms with Gasteiger partial charge in [0.25, 0.3) is 0 Å². The molecule has 26 heavy (non-hydrogen) atoms. The molecule has 0 spiro atoms. The number of fused-ring (bicyclic) bond motifs is 1. The Morgan fingerprint density at radius 2 is 1.85 bits per heavy atom. The number of methoxy groups -OCH3 is 1. The molecule has 3 rings (SSSR count). The molecule has 3 atom stereocenters. The van der Waals surface area contributed by atoms with Gasteiger partial charge in [-0.25, -0.2) is 0 Å². The Kier molecular flexibility index (Phi) is 6.14. The second-order valence-electron chi connectivity index (χ2n) is 6.93. The first-order valence-electron chi connectivity index (χ1n) is 9.06. The summed E-state index contributed by atoms with van der Waals surface area (Å²) in [7, 11) is 5.78. The van der Waals surface area contributed by atoms with Gasteiger partial charge in [0, 0.05) is 5.56 Å². The van der Waals surface area contributed by atoms with Crippen LogP contribution in [0.3, 0.4) is 0 Å². The first-order valence-corrected chi connectivity index (χ1v) is 9.06. The molecule has 1 aliphatic rings. The van der Waals surface area contributed by atoms with E-state index in [1.165, 1.54) is 0 Å². The molecule has 0 amide bonds. The molecule has 140 valence electrons. The average Bonchev–Trinajstić information content (AvgIpc) is 2.66. The molecule has 0 unspecified atom stereocenters. The van der Waals surface area contributed by atoms with Gasteiger partial charge in [-0.2, -0.15) is 0 Å². The molecule has 0 saturated carbocycles. The summed E-state index contributed by atoms with van der Waals surface area (Å²) >= 11 is 0. The van der Waals surface area contributed by atoms with Crippen molar-refractivity contribution in [3.05, 3.63) is 59.7 Å². The summed E-state index contributed by atoms with van der Waals surface area (Å²) < 4.78 is 11.4. The third-order valence-corrected chi connectivity index (χ3v) is 4.75. The highest BCUT2D eigenvalue weighted by Crippen LogP contribution is 2.41. The van der Waals surface area contributed by atoms with Crippen LogP contribution in [0.25, 0.3) is 0 Å². The normalized spacial score (nSPS) is 22.0. The number of nitrogens with zero attached hydrogens (tertiary/aromatic N) is 1. The van der Waals surface area contributed by atoms with Crippen LogP contribution in [0.4, 0.5) is 0 Å². The van der Waals surface area contributed by atoms with Crippen LogP contribution in [-0.2, 0) is 0 Å². The van der Waals surface area contributed by atoms with Gasteiger partial charge in [0.1, 0.15) is 17.6 Å². The largest absolute Gasteiger partial charge is 0.497 e. The van der Waals surface area contributed by atoms with Crippen LogP contribution in [-0.4, -0.2) is 50.4 Å². The fourth-order valence-electron chi connectivity index (χ4n) is 3.35. The van der Waals surface area contributed by atoms with Crippen molar-refractivity contribution in [1.29, 1.82) is 0 Å². The predicted molar refractivity (Wildman–Crippen MR) is 103 cm³/mol. The van der Waals surface area contributed by atoms with E-state index in [-0.39, 0.29) is 6.04 Å². The first kappa shape index (κ1) is 18.7. The molecule has 2 aromatic rings. The Balaban J connectivity index is 1.80. The molecule has 2 aromatic carbocycles. The van der Waals surface area contributed by atoms with E-state index in [0.717, 1.165) is 42.1 Å². The SMILES string of the molecule is COc1ccc([C@@H]2Oc3ccccc3[C@@H](NCCCN(C)C)[C@@H]2O)cc1. The van der Waals surface area contributed by atoms with Crippen LogP contribution >= 0.6 is 0 Å². The molecule has 0 saturated heterocycles. The van der Waals surface area contributed by atoms with Crippen LogP contribution in [0.15, 0.2) is 48.5 Å². The number of rotatable bonds is 7. The molecule has 0 fully saturated rings. The smallest absolute Gasteiger partial charge is 0.151 e. The topological polar surface area (TPSA) is 54.0 Å². The van der Waals surface area contributed by atoms with Gasteiger partial charge in [-0.15, -0.1) is 0 Å². The fraction of sp³-hybridized carbons (Fsp3) is 0.429. The van der Waals surface area contributed by atoms with E-state index in [0.29, 0.717) is 0 Å². The van der Waals surface area contributed by atoms with E-state index in [1.54, 1.807) is 7.11 Å². The highest BCUT2D eigenvalue weighted by Gasteiger charge is 2.37. The number of ether oxygens (including phenoxy) is 2. The third kappa shape index (κ3) is 4.18. The Morgan fingerprint density at radius 1 is 1.12 bits per heavy atom. The Labute approximate surface area is 155 Å². The lowest BCUT2D eigenvalue weighted by atomic mass is 9.90. The van der Waals surface area contributed by atoms with Gasteiger partial charge in [0.05, 0.1) is 13.2 Å². The summed E-state index contributed by atoms with van der Waals surface area (Å²) in [5.74, 6) is 1.61. The zero-order chi connectivity index (χ0) is 18.5. The minimum atomic E-state index is -0.669. The number of aliphatic hydroxyl groups is 1. The molecular weight excluding hydrogens is 328 g/mol. The number of aliphatic hydroxyl groups excluding tert-OH is 1. The monoisotopic (exact) mass is 356 g/mol.